The van der Waals surface area contributed by atoms with E-state index < -0.39 is 0 Å². The molecule has 4 heteroatoms. The van der Waals surface area contributed by atoms with Crippen LogP contribution in [0.25, 0.3) is 0 Å². The Morgan fingerprint density at radius 2 is 2.10 bits per heavy atom. The number of nitrogens with two attached hydrogens (primary N) is 1. The van der Waals surface area contributed by atoms with Crippen molar-refractivity contribution < 1.29 is 4.74 Å². The molecule has 0 spiro atoms. The molecular weight excluding hydrogens is 272 g/mol. The minimum atomic E-state index is 0.0926. The summed E-state index contributed by atoms with van der Waals surface area (Å²) in [5, 5.41) is 0.767. The van der Waals surface area contributed by atoms with Crippen molar-refractivity contribution in [1.82, 2.24) is 4.90 Å². The fourth-order valence-corrected chi connectivity index (χ4v) is 3.59. The third-order valence-electron chi connectivity index (χ3n) is 4.62. The Bertz CT molecular complexity index is 437. The maximum absolute atomic E-state index is 6.30. The Balaban J connectivity index is 1.54. The zero-order chi connectivity index (χ0) is 13.9. The van der Waals surface area contributed by atoms with Gasteiger partial charge in [0.05, 0.1) is 12.7 Å². The Morgan fingerprint density at radius 3 is 2.90 bits per heavy atom. The van der Waals surface area contributed by atoms with Crippen molar-refractivity contribution in [3.05, 3.63) is 34.9 Å². The lowest BCUT2D eigenvalue weighted by molar-refractivity contribution is -0.0561. The Hall–Kier alpha value is -0.610. The second kappa shape index (κ2) is 6.44. The molecule has 3 rings (SSSR count). The highest BCUT2D eigenvalue weighted by Gasteiger charge is 2.35. The van der Waals surface area contributed by atoms with Gasteiger partial charge in [-0.2, -0.15) is 0 Å². The van der Waals surface area contributed by atoms with Crippen LogP contribution in [0, 0.1) is 0 Å². The van der Waals surface area contributed by atoms with Crippen LogP contribution in [-0.4, -0.2) is 36.7 Å². The van der Waals surface area contributed by atoms with Crippen LogP contribution in [0.2, 0.25) is 5.02 Å². The highest BCUT2D eigenvalue weighted by atomic mass is 35.5. The van der Waals surface area contributed by atoms with Crippen molar-refractivity contribution >= 4 is 11.6 Å². The molecule has 0 radical (unpaired) electrons. The number of rotatable bonds is 4. The summed E-state index contributed by atoms with van der Waals surface area (Å²) in [4.78, 5) is 2.58. The monoisotopic (exact) mass is 294 g/mol. The SMILES string of the molecule is NC(CCN1CCOC2CCCC21)c1ccc(Cl)cc1. The van der Waals surface area contributed by atoms with E-state index in [2.05, 4.69) is 4.90 Å². The third kappa shape index (κ3) is 3.17. The Kier molecular flexibility index (Phi) is 4.61. The molecule has 1 aliphatic heterocycles. The van der Waals surface area contributed by atoms with E-state index in [0.717, 1.165) is 31.1 Å². The van der Waals surface area contributed by atoms with Crippen molar-refractivity contribution in [2.45, 2.75) is 43.9 Å². The summed E-state index contributed by atoms with van der Waals surface area (Å²) >= 11 is 5.91. The van der Waals surface area contributed by atoms with E-state index in [4.69, 9.17) is 22.1 Å². The number of halogens is 1. The second-order valence-electron chi connectivity index (χ2n) is 5.89. The van der Waals surface area contributed by atoms with E-state index in [9.17, 15) is 0 Å². The predicted molar refractivity (Wildman–Crippen MR) is 81.9 cm³/mol. The molecule has 1 saturated heterocycles. The van der Waals surface area contributed by atoms with E-state index in [1.807, 2.05) is 24.3 Å². The number of hydrogen-bond acceptors (Lipinski definition) is 3. The van der Waals surface area contributed by atoms with Gasteiger partial charge in [0.25, 0.3) is 0 Å². The average Bonchev–Trinajstić information content (AvgIpc) is 2.94. The molecule has 20 heavy (non-hydrogen) atoms. The predicted octanol–water partition coefficient (Wildman–Crippen LogP) is 2.98. The average molecular weight is 295 g/mol. The van der Waals surface area contributed by atoms with Gasteiger partial charge in [0.2, 0.25) is 0 Å². The van der Waals surface area contributed by atoms with Crippen LogP contribution in [0.1, 0.15) is 37.3 Å². The third-order valence-corrected chi connectivity index (χ3v) is 4.87. The Morgan fingerprint density at radius 1 is 1.30 bits per heavy atom. The van der Waals surface area contributed by atoms with Crippen LogP contribution in [0.15, 0.2) is 24.3 Å². The van der Waals surface area contributed by atoms with Crippen molar-refractivity contribution in [2.75, 3.05) is 19.7 Å². The molecule has 0 bridgehead atoms. The lowest BCUT2D eigenvalue weighted by Crippen LogP contribution is -2.49. The first-order valence-corrected chi connectivity index (χ1v) is 7.98. The molecule has 3 nitrogen and oxygen atoms in total. The van der Waals surface area contributed by atoms with Crippen LogP contribution in [0.4, 0.5) is 0 Å². The molecule has 0 amide bonds. The van der Waals surface area contributed by atoms with E-state index in [0.29, 0.717) is 12.1 Å². The quantitative estimate of drug-likeness (QED) is 0.928. The molecule has 1 heterocycles. The number of nitrogens with zero attached hydrogens (tertiary/aromatic N) is 1. The summed E-state index contributed by atoms with van der Waals surface area (Å²) in [5.41, 5.74) is 7.47. The van der Waals surface area contributed by atoms with Crippen molar-refractivity contribution in [3.8, 4) is 0 Å². The van der Waals surface area contributed by atoms with Gasteiger partial charge in [0.15, 0.2) is 0 Å². The molecule has 1 aliphatic carbocycles. The first-order valence-electron chi connectivity index (χ1n) is 7.61. The maximum atomic E-state index is 6.30. The van der Waals surface area contributed by atoms with Gasteiger partial charge in [-0.15, -0.1) is 0 Å². The van der Waals surface area contributed by atoms with Crippen LogP contribution < -0.4 is 5.73 Å². The molecule has 1 saturated carbocycles. The number of ether oxygens (including phenoxy) is 1. The fraction of sp³-hybridized carbons (Fsp3) is 0.625. The smallest absolute Gasteiger partial charge is 0.0730 e. The summed E-state index contributed by atoms with van der Waals surface area (Å²) in [5.74, 6) is 0. The second-order valence-corrected chi connectivity index (χ2v) is 6.33. The van der Waals surface area contributed by atoms with Gasteiger partial charge >= 0.3 is 0 Å². The molecule has 2 aliphatic rings. The number of morpholine rings is 1. The van der Waals surface area contributed by atoms with Crippen molar-refractivity contribution in [1.29, 1.82) is 0 Å². The van der Waals surface area contributed by atoms with E-state index in [1.165, 1.54) is 24.8 Å². The topological polar surface area (TPSA) is 38.5 Å². The summed E-state index contributed by atoms with van der Waals surface area (Å²) in [6, 6.07) is 8.61. The summed E-state index contributed by atoms with van der Waals surface area (Å²) < 4.78 is 5.85. The lowest BCUT2D eigenvalue weighted by atomic mass is 10.0. The molecule has 1 aromatic rings. The normalized spacial score (nSPS) is 28.3. The van der Waals surface area contributed by atoms with Crippen LogP contribution in [0.3, 0.4) is 0 Å². The molecule has 2 N–H and O–H groups in total. The minimum Gasteiger partial charge on any atom is -0.375 e. The molecule has 3 unspecified atom stereocenters. The zero-order valence-electron chi connectivity index (χ0n) is 11.8. The summed E-state index contributed by atoms with van der Waals surface area (Å²) in [6.45, 7) is 2.99. The number of benzene rings is 1. The van der Waals surface area contributed by atoms with Gasteiger partial charge in [0.1, 0.15) is 0 Å². The van der Waals surface area contributed by atoms with E-state index in [-0.39, 0.29) is 6.04 Å². The molecule has 0 aromatic heterocycles. The molecular formula is C16H23ClN2O. The van der Waals surface area contributed by atoms with Gasteiger partial charge in [0, 0.05) is 30.2 Å². The summed E-state index contributed by atoms with van der Waals surface area (Å²) in [7, 11) is 0. The van der Waals surface area contributed by atoms with Crippen LogP contribution >= 0.6 is 11.6 Å². The molecule has 2 fully saturated rings. The fourth-order valence-electron chi connectivity index (χ4n) is 3.46. The van der Waals surface area contributed by atoms with Gasteiger partial charge < -0.3 is 10.5 Å². The van der Waals surface area contributed by atoms with Gasteiger partial charge in [-0.1, -0.05) is 23.7 Å². The molecule has 110 valence electrons. The van der Waals surface area contributed by atoms with Crippen LogP contribution in [0.5, 0.6) is 0 Å². The van der Waals surface area contributed by atoms with Crippen LogP contribution in [-0.2, 0) is 4.74 Å². The van der Waals surface area contributed by atoms with E-state index >= 15 is 0 Å². The first-order chi connectivity index (χ1) is 9.74. The minimum absolute atomic E-state index is 0.0926. The highest BCUT2D eigenvalue weighted by molar-refractivity contribution is 6.30. The highest BCUT2D eigenvalue weighted by Crippen LogP contribution is 2.30. The lowest BCUT2D eigenvalue weighted by Gasteiger charge is -2.38. The van der Waals surface area contributed by atoms with Gasteiger partial charge in [-0.3, -0.25) is 4.90 Å². The van der Waals surface area contributed by atoms with Gasteiger partial charge in [-0.05, 0) is 43.4 Å². The first kappa shape index (κ1) is 14.3. The van der Waals surface area contributed by atoms with Gasteiger partial charge in [-0.25, -0.2) is 0 Å². The molecule has 1 aromatic carbocycles. The van der Waals surface area contributed by atoms with Crippen molar-refractivity contribution in [3.63, 3.8) is 0 Å². The summed E-state index contributed by atoms with van der Waals surface area (Å²) in [6.07, 6.45) is 5.26. The molecule has 3 atom stereocenters. The Labute approximate surface area is 126 Å². The van der Waals surface area contributed by atoms with E-state index in [1.54, 1.807) is 0 Å². The zero-order valence-corrected chi connectivity index (χ0v) is 12.6. The number of hydrogen-bond donors (Lipinski definition) is 1. The number of fused-ring (bicyclic) bond motifs is 1. The largest absolute Gasteiger partial charge is 0.375 e. The van der Waals surface area contributed by atoms with Crippen molar-refractivity contribution in [2.24, 2.45) is 5.73 Å². The maximum Gasteiger partial charge on any atom is 0.0730 e. The standard InChI is InChI=1S/C16H23ClN2O/c17-13-6-4-12(5-7-13)14(18)8-9-19-10-11-20-16-3-1-2-15(16)19/h4-7,14-16H,1-3,8-11,18H2.